The van der Waals surface area contributed by atoms with E-state index in [0.29, 0.717) is 5.52 Å². The molecule has 2 heterocycles. The highest BCUT2D eigenvalue weighted by molar-refractivity contribution is 5.91. The zero-order chi connectivity index (χ0) is 19.4. The zero-order valence-electron chi connectivity index (χ0n) is 14.9. The van der Waals surface area contributed by atoms with Crippen LogP contribution in [0.2, 0.25) is 0 Å². The molecule has 0 spiro atoms. The van der Waals surface area contributed by atoms with Gasteiger partial charge in [-0.25, -0.2) is 9.97 Å². The van der Waals surface area contributed by atoms with E-state index in [2.05, 4.69) is 15.3 Å². The van der Waals surface area contributed by atoms with Gasteiger partial charge in [-0.1, -0.05) is 0 Å². The number of aromatic nitrogens is 3. The van der Waals surface area contributed by atoms with Crippen LogP contribution in [-0.2, 0) is 11.0 Å². The molecule has 2 aromatic heterocycles. The number of halogens is 3. The van der Waals surface area contributed by atoms with Crippen LogP contribution in [0.1, 0.15) is 57.2 Å². The van der Waals surface area contributed by atoms with Crippen molar-refractivity contribution in [3.05, 3.63) is 17.8 Å². The van der Waals surface area contributed by atoms with Crippen molar-refractivity contribution < 1.29 is 23.1 Å². The minimum absolute atomic E-state index is 0.0368. The standard InChI is InChI=1S/C18H21F3N4O2/c1-17(27,10-5-6-10)9-14(26)24-16-22-12-7-8-13(18(19,20)21)23-15(12)25(16)11-3-2-4-11/h7-8,10-11,27H,2-6,9H2,1H3,(H,22,24,26)/t17-/m1/s1. The van der Waals surface area contributed by atoms with Gasteiger partial charge in [-0.15, -0.1) is 0 Å². The van der Waals surface area contributed by atoms with Gasteiger partial charge < -0.3 is 5.11 Å². The van der Waals surface area contributed by atoms with Crippen LogP contribution >= 0.6 is 0 Å². The molecule has 1 amide bonds. The predicted octanol–water partition coefficient (Wildman–Crippen LogP) is 3.66. The summed E-state index contributed by atoms with van der Waals surface area (Å²) in [5, 5.41) is 13.1. The molecule has 9 heteroatoms. The van der Waals surface area contributed by atoms with Gasteiger partial charge in [0.25, 0.3) is 0 Å². The molecule has 2 fully saturated rings. The van der Waals surface area contributed by atoms with Crippen molar-refractivity contribution in [2.24, 2.45) is 5.92 Å². The number of rotatable bonds is 5. The number of amides is 1. The Morgan fingerprint density at radius 1 is 1.26 bits per heavy atom. The van der Waals surface area contributed by atoms with Gasteiger partial charge in [-0.3, -0.25) is 14.7 Å². The Bertz CT molecular complexity index is 883. The Kier molecular flexibility index (Phi) is 4.17. The number of hydrogen-bond acceptors (Lipinski definition) is 4. The number of fused-ring (bicyclic) bond motifs is 1. The van der Waals surface area contributed by atoms with Crippen molar-refractivity contribution in [3.8, 4) is 0 Å². The lowest BCUT2D eigenvalue weighted by Crippen LogP contribution is -2.33. The molecule has 2 N–H and O–H groups in total. The van der Waals surface area contributed by atoms with Crippen molar-refractivity contribution in [3.63, 3.8) is 0 Å². The Morgan fingerprint density at radius 2 is 1.96 bits per heavy atom. The molecule has 1 atom stereocenters. The van der Waals surface area contributed by atoms with Crippen molar-refractivity contribution in [2.75, 3.05) is 5.32 Å². The van der Waals surface area contributed by atoms with Crippen LogP contribution in [-0.4, -0.2) is 31.1 Å². The third-order valence-corrected chi connectivity index (χ3v) is 5.49. The Labute approximate surface area is 153 Å². The summed E-state index contributed by atoms with van der Waals surface area (Å²) in [4.78, 5) is 20.5. The van der Waals surface area contributed by atoms with E-state index in [1.165, 1.54) is 6.07 Å². The molecule has 2 aliphatic carbocycles. The maximum absolute atomic E-state index is 13.0. The molecule has 2 saturated carbocycles. The van der Waals surface area contributed by atoms with E-state index in [-0.39, 0.29) is 30.0 Å². The van der Waals surface area contributed by atoms with Crippen LogP contribution in [0.5, 0.6) is 0 Å². The summed E-state index contributed by atoms with van der Waals surface area (Å²) in [5.74, 6) is -0.0957. The second kappa shape index (κ2) is 6.19. The van der Waals surface area contributed by atoms with E-state index in [9.17, 15) is 23.1 Å². The fraction of sp³-hybridized carbons (Fsp3) is 0.611. The number of alkyl halides is 3. The number of carbonyl (C=O) groups excluding carboxylic acids is 1. The Morgan fingerprint density at radius 3 is 2.52 bits per heavy atom. The van der Waals surface area contributed by atoms with Crippen LogP contribution in [0.25, 0.3) is 11.2 Å². The van der Waals surface area contributed by atoms with Gasteiger partial charge in [0.05, 0.1) is 12.0 Å². The summed E-state index contributed by atoms with van der Waals surface area (Å²) in [5.41, 5.74) is -1.64. The highest BCUT2D eigenvalue weighted by atomic mass is 19.4. The Hall–Kier alpha value is -2.16. The topological polar surface area (TPSA) is 80.0 Å². The molecule has 146 valence electrons. The number of carbonyl (C=O) groups is 1. The maximum Gasteiger partial charge on any atom is 0.433 e. The quantitative estimate of drug-likeness (QED) is 0.827. The van der Waals surface area contributed by atoms with E-state index < -0.39 is 23.4 Å². The largest absolute Gasteiger partial charge is 0.433 e. The number of hydrogen-bond donors (Lipinski definition) is 2. The van der Waals surface area contributed by atoms with E-state index in [0.717, 1.165) is 38.2 Å². The number of aliphatic hydroxyl groups is 1. The number of nitrogens with one attached hydrogen (secondary N) is 1. The van der Waals surface area contributed by atoms with Crippen LogP contribution in [0.4, 0.5) is 19.1 Å². The summed E-state index contributed by atoms with van der Waals surface area (Å²) in [6.07, 6.45) is -0.275. The zero-order valence-corrected chi connectivity index (χ0v) is 14.9. The van der Waals surface area contributed by atoms with Gasteiger partial charge in [0.15, 0.2) is 5.65 Å². The van der Waals surface area contributed by atoms with Crippen molar-refractivity contribution in [1.29, 1.82) is 0 Å². The number of anilines is 1. The van der Waals surface area contributed by atoms with Gasteiger partial charge in [-0.05, 0) is 57.1 Å². The minimum Gasteiger partial charge on any atom is -0.389 e. The number of pyridine rings is 1. The van der Waals surface area contributed by atoms with E-state index in [1.807, 2.05) is 0 Å². The second-order valence-corrected chi connectivity index (χ2v) is 7.78. The molecule has 6 nitrogen and oxygen atoms in total. The maximum atomic E-state index is 13.0. The smallest absolute Gasteiger partial charge is 0.389 e. The molecule has 4 rings (SSSR count). The van der Waals surface area contributed by atoms with Gasteiger partial charge in [0.1, 0.15) is 11.2 Å². The lowest BCUT2D eigenvalue weighted by molar-refractivity contribution is -0.141. The molecule has 0 radical (unpaired) electrons. The summed E-state index contributed by atoms with van der Waals surface area (Å²) >= 11 is 0. The summed E-state index contributed by atoms with van der Waals surface area (Å²) < 4.78 is 40.7. The summed E-state index contributed by atoms with van der Waals surface area (Å²) in [7, 11) is 0. The fourth-order valence-corrected chi connectivity index (χ4v) is 3.55. The molecule has 0 saturated heterocycles. The molecular formula is C18H21F3N4O2. The fourth-order valence-electron chi connectivity index (χ4n) is 3.55. The highest BCUT2D eigenvalue weighted by Crippen LogP contribution is 2.42. The first-order valence-corrected chi connectivity index (χ1v) is 9.13. The highest BCUT2D eigenvalue weighted by Gasteiger charge is 2.41. The molecule has 0 unspecified atom stereocenters. The third kappa shape index (κ3) is 3.52. The van der Waals surface area contributed by atoms with Crippen LogP contribution < -0.4 is 5.32 Å². The summed E-state index contributed by atoms with van der Waals surface area (Å²) in [6, 6.07) is 2.13. The first kappa shape index (κ1) is 18.2. The van der Waals surface area contributed by atoms with Crippen LogP contribution in [0.15, 0.2) is 12.1 Å². The number of nitrogens with zero attached hydrogens (tertiary/aromatic N) is 3. The number of imidazole rings is 1. The van der Waals surface area contributed by atoms with Gasteiger partial charge in [0.2, 0.25) is 11.9 Å². The molecule has 27 heavy (non-hydrogen) atoms. The molecule has 0 aliphatic heterocycles. The average Bonchev–Trinajstić information content (AvgIpc) is 3.30. The van der Waals surface area contributed by atoms with E-state index in [4.69, 9.17) is 0 Å². The van der Waals surface area contributed by atoms with Crippen LogP contribution in [0.3, 0.4) is 0 Å². The SMILES string of the molecule is C[C@@](O)(CC(=O)Nc1nc2ccc(C(F)(F)F)nc2n1C1CCC1)C1CC1. The summed E-state index contributed by atoms with van der Waals surface area (Å²) in [6.45, 7) is 1.64. The minimum atomic E-state index is -4.55. The third-order valence-electron chi connectivity index (χ3n) is 5.49. The normalized spacial score (nSPS) is 20.3. The molecule has 2 aromatic rings. The van der Waals surface area contributed by atoms with Crippen molar-refractivity contribution in [1.82, 2.24) is 14.5 Å². The van der Waals surface area contributed by atoms with Crippen LogP contribution in [0, 0.1) is 5.92 Å². The van der Waals surface area contributed by atoms with Crippen molar-refractivity contribution in [2.45, 2.75) is 63.3 Å². The predicted molar refractivity (Wildman–Crippen MR) is 92.0 cm³/mol. The first-order chi connectivity index (χ1) is 12.6. The average molecular weight is 382 g/mol. The van der Waals surface area contributed by atoms with Crippen molar-refractivity contribution >= 4 is 23.0 Å². The van der Waals surface area contributed by atoms with Gasteiger partial charge in [0, 0.05) is 6.04 Å². The molecule has 0 aromatic carbocycles. The molecule has 2 aliphatic rings. The second-order valence-electron chi connectivity index (χ2n) is 7.78. The monoisotopic (exact) mass is 382 g/mol. The lowest BCUT2D eigenvalue weighted by Gasteiger charge is -2.29. The van der Waals surface area contributed by atoms with E-state index >= 15 is 0 Å². The van der Waals surface area contributed by atoms with E-state index in [1.54, 1.807) is 11.5 Å². The lowest BCUT2D eigenvalue weighted by atomic mass is 9.93. The van der Waals surface area contributed by atoms with Gasteiger partial charge in [-0.2, -0.15) is 13.2 Å². The molecular weight excluding hydrogens is 361 g/mol. The first-order valence-electron chi connectivity index (χ1n) is 9.13. The van der Waals surface area contributed by atoms with Gasteiger partial charge >= 0.3 is 6.18 Å². The molecule has 0 bridgehead atoms. The Balaban J connectivity index is 1.66.